The maximum Gasteiger partial charge on any atom is 0.126 e. The van der Waals surface area contributed by atoms with Crippen molar-refractivity contribution in [3.05, 3.63) is 45.5 Å². The van der Waals surface area contributed by atoms with Crippen molar-refractivity contribution >= 4 is 11.3 Å². The minimum Gasteiger partial charge on any atom is -0.464 e. The van der Waals surface area contributed by atoms with Crippen molar-refractivity contribution in [1.82, 2.24) is 0 Å². The highest BCUT2D eigenvalue weighted by molar-refractivity contribution is 7.12. The molecule has 2 aromatic rings. The van der Waals surface area contributed by atoms with Crippen molar-refractivity contribution < 1.29 is 4.42 Å². The van der Waals surface area contributed by atoms with Gasteiger partial charge in [-0.05, 0) is 36.6 Å². The van der Waals surface area contributed by atoms with Crippen LogP contribution in [0.2, 0.25) is 0 Å². The van der Waals surface area contributed by atoms with E-state index in [1.807, 2.05) is 19.1 Å². The molecule has 1 unspecified atom stereocenters. The van der Waals surface area contributed by atoms with Gasteiger partial charge in [-0.1, -0.05) is 20.8 Å². The predicted octanol–water partition coefficient (Wildman–Crippen LogP) is 4.00. The Labute approximate surface area is 106 Å². The molecule has 0 saturated heterocycles. The summed E-state index contributed by atoms with van der Waals surface area (Å²) in [5, 5.41) is 0. The van der Waals surface area contributed by atoms with Gasteiger partial charge in [-0.3, -0.25) is 0 Å². The summed E-state index contributed by atoms with van der Waals surface area (Å²) in [6, 6.07) is 8.03. The van der Waals surface area contributed by atoms with Gasteiger partial charge in [0.2, 0.25) is 0 Å². The zero-order valence-electron chi connectivity index (χ0n) is 10.8. The molecule has 0 fully saturated rings. The van der Waals surface area contributed by atoms with Crippen molar-refractivity contribution in [3.63, 3.8) is 0 Å². The van der Waals surface area contributed by atoms with E-state index in [-0.39, 0.29) is 11.5 Å². The van der Waals surface area contributed by atoms with Crippen LogP contribution in [0.15, 0.2) is 28.7 Å². The van der Waals surface area contributed by atoms with Gasteiger partial charge in [0.1, 0.15) is 11.5 Å². The summed E-state index contributed by atoms with van der Waals surface area (Å²) in [5.41, 5.74) is 6.39. The van der Waals surface area contributed by atoms with E-state index < -0.39 is 0 Å². The normalized spacial score (nSPS) is 13.9. The number of aryl methyl sites for hydroxylation is 1. The molecule has 2 aromatic heterocycles. The van der Waals surface area contributed by atoms with Crippen LogP contribution in [0.1, 0.15) is 48.1 Å². The van der Waals surface area contributed by atoms with Crippen LogP contribution in [0.3, 0.4) is 0 Å². The van der Waals surface area contributed by atoms with Crippen molar-refractivity contribution in [3.8, 4) is 0 Å². The van der Waals surface area contributed by atoms with Crippen molar-refractivity contribution in [2.75, 3.05) is 0 Å². The van der Waals surface area contributed by atoms with Crippen LogP contribution in [0.4, 0.5) is 0 Å². The van der Waals surface area contributed by atoms with Crippen molar-refractivity contribution in [2.24, 2.45) is 5.73 Å². The van der Waals surface area contributed by atoms with Crippen LogP contribution in [0, 0.1) is 6.92 Å². The molecule has 0 aliphatic heterocycles. The fourth-order valence-electron chi connectivity index (χ4n) is 1.68. The second-order valence-electron chi connectivity index (χ2n) is 5.38. The largest absolute Gasteiger partial charge is 0.464 e. The standard InChI is InChI=1S/C14H19NOS/c1-9-5-6-10(16-9)13(15)11-7-8-12(17-11)14(2,3)4/h5-8,13H,15H2,1-4H3. The van der Waals surface area contributed by atoms with E-state index in [1.165, 1.54) is 4.88 Å². The first-order chi connectivity index (χ1) is 7.88. The molecule has 0 spiro atoms. The van der Waals surface area contributed by atoms with Crippen LogP contribution in [-0.4, -0.2) is 0 Å². The molecule has 0 amide bonds. The first kappa shape index (κ1) is 12.4. The first-order valence-corrected chi connectivity index (χ1v) is 6.62. The monoisotopic (exact) mass is 249 g/mol. The summed E-state index contributed by atoms with van der Waals surface area (Å²) in [6.45, 7) is 8.58. The Bertz CT molecular complexity index is 504. The van der Waals surface area contributed by atoms with Gasteiger partial charge < -0.3 is 10.2 Å². The SMILES string of the molecule is Cc1ccc(C(N)c2ccc(C(C)(C)C)s2)o1. The molecule has 2 nitrogen and oxygen atoms in total. The van der Waals surface area contributed by atoms with Crippen molar-refractivity contribution in [1.29, 1.82) is 0 Å². The molecule has 0 bridgehead atoms. The predicted molar refractivity (Wildman–Crippen MR) is 72.5 cm³/mol. The first-order valence-electron chi connectivity index (χ1n) is 5.80. The third-order valence-electron chi connectivity index (χ3n) is 2.74. The van der Waals surface area contributed by atoms with Gasteiger partial charge in [0.25, 0.3) is 0 Å². The van der Waals surface area contributed by atoms with E-state index in [4.69, 9.17) is 10.2 Å². The Kier molecular flexibility index (Phi) is 3.15. The lowest BCUT2D eigenvalue weighted by atomic mass is 9.95. The molecule has 92 valence electrons. The molecule has 1 atom stereocenters. The number of hydrogen-bond acceptors (Lipinski definition) is 3. The van der Waals surface area contributed by atoms with E-state index in [0.29, 0.717) is 0 Å². The number of furan rings is 1. The summed E-state index contributed by atoms with van der Waals surface area (Å²) >= 11 is 1.77. The third-order valence-corrected chi connectivity index (χ3v) is 4.33. The Morgan fingerprint density at radius 1 is 1.18 bits per heavy atom. The van der Waals surface area contributed by atoms with Crippen LogP contribution in [-0.2, 0) is 5.41 Å². The molecule has 0 aromatic carbocycles. The molecule has 3 heteroatoms. The average Bonchev–Trinajstić information content (AvgIpc) is 2.83. The summed E-state index contributed by atoms with van der Waals surface area (Å²) < 4.78 is 5.58. The molecule has 0 radical (unpaired) electrons. The summed E-state index contributed by atoms with van der Waals surface area (Å²) in [5.74, 6) is 1.74. The highest BCUT2D eigenvalue weighted by atomic mass is 32.1. The van der Waals surface area contributed by atoms with E-state index in [2.05, 4.69) is 32.9 Å². The Hall–Kier alpha value is -1.06. The lowest BCUT2D eigenvalue weighted by Crippen LogP contribution is -2.10. The number of thiophene rings is 1. The molecule has 0 aliphatic carbocycles. The average molecular weight is 249 g/mol. The van der Waals surface area contributed by atoms with Crippen LogP contribution < -0.4 is 5.73 Å². The number of hydrogen-bond donors (Lipinski definition) is 1. The summed E-state index contributed by atoms with van der Waals surface area (Å²) in [7, 11) is 0. The van der Waals surface area contributed by atoms with Gasteiger partial charge in [0.05, 0.1) is 6.04 Å². The third kappa shape index (κ3) is 2.61. The van der Waals surface area contributed by atoms with E-state index in [1.54, 1.807) is 11.3 Å². The molecule has 2 N–H and O–H groups in total. The maximum atomic E-state index is 6.20. The molecule has 0 aliphatic rings. The fourth-order valence-corrected chi connectivity index (χ4v) is 2.76. The zero-order valence-corrected chi connectivity index (χ0v) is 11.6. The molecular formula is C14H19NOS. The Morgan fingerprint density at radius 3 is 2.35 bits per heavy atom. The van der Waals surface area contributed by atoms with E-state index in [9.17, 15) is 0 Å². The lowest BCUT2D eigenvalue weighted by Gasteiger charge is -2.15. The number of nitrogens with two attached hydrogens (primary N) is 1. The van der Waals surface area contributed by atoms with Gasteiger partial charge in [0, 0.05) is 9.75 Å². The lowest BCUT2D eigenvalue weighted by molar-refractivity contribution is 0.468. The maximum absolute atomic E-state index is 6.20. The Balaban J connectivity index is 2.26. The summed E-state index contributed by atoms with van der Waals surface area (Å²) in [4.78, 5) is 2.51. The highest BCUT2D eigenvalue weighted by Gasteiger charge is 2.20. The van der Waals surface area contributed by atoms with Gasteiger partial charge in [0.15, 0.2) is 0 Å². The second kappa shape index (κ2) is 4.31. The van der Waals surface area contributed by atoms with Crippen LogP contribution in [0.25, 0.3) is 0 Å². The minimum absolute atomic E-state index is 0.148. The quantitative estimate of drug-likeness (QED) is 0.874. The summed E-state index contributed by atoms with van der Waals surface area (Å²) in [6.07, 6.45) is 0. The molecule has 17 heavy (non-hydrogen) atoms. The zero-order chi connectivity index (χ0) is 12.6. The van der Waals surface area contributed by atoms with E-state index in [0.717, 1.165) is 16.4 Å². The van der Waals surface area contributed by atoms with Gasteiger partial charge in [-0.25, -0.2) is 0 Å². The van der Waals surface area contributed by atoms with Gasteiger partial charge in [-0.2, -0.15) is 0 Å². The molecular weight excluding hydrogens is 230 g/mol. The highest BCUT2D eigenvalue weighted by Crippen LogP contribution is 2.33. The number of rotatable bonds is 2. The van der Waals surface area contributed by atoms with Crippen molar-refractivity contribution in [2.45, 2.75) is 39.2 Å². The van der Waals surface area contributed by atoms with Gasteiger partial charge in [-0.15, -0.1) is 11.3 Å². The van der Waals surface area contributed by atoms with Gasteiger partial charge >= 0.3 is 0 Å². The van der Waals surface area contributed by atoms with E-state index >= 15 is 0 Å². The van der Waals surface area contributed by atoms with Crippen LogP contribution in [0.5, 0.6) is 0 Å². The molecule has 0 saturated carbocycles. The smallest absolute Gasteiger partial charge is 0.126 e. The Morgan fingerprint density at radius 2 is 1.88 bits per heavy atom. The molecule has 2 rings (SSSR count). The second-order valence-corrected chi connectivity index (χ2v) is 6.49. The minimum atomic E-state index is -0.148. The van der Waals surface area contributed by atoms with Crippen LogP contribution >= 0.6 is 11.3 Å². The molecule has 2 heterocycles. The fraction of sp³-hybridized carbons (Fsp3) is 0.429. The topological polar surface area (TPSA) is 39.2 Å².